The number of carbonyl (C=O) groups is 6. The van der Waals surface area contributed by atoms with Gasteiger partial charge in [-0.1, -0.05) is 0 Å². The zero-order chi connectivity index (χ0) is 32.6. The van der Waals surface area contributed by atoms with Crippen molar-refractivity contribution < 1.29 is 58.6 Å². The van der Waals surface area contributed by atoms with Gasteiger partial charge in [0.25, 0.3) is 0 Å². The summed E-state index contributed by atoms with van der Waals surface area (Å²) >= 11 is 1.46. The predicted molar refractivity (Wildman–Crippen MR) is 156 cm³/mol. The van der Waals surface area contributed by atoms with E-state index < -0.39 is 72.6 Å². The summed E-state index contributed by atoms with van der Waals surface area (Å²) in [5, 5.41) is 22.0. The second kappa shape index (κ2) is 18.7. The second-order valence-corrected chi connectivity index (χ2v) is 11.9. The maximum atomic E-state index is 13.6. The number of aliphatic carboxylic acids is 1. The van der Waals surface area contributed by atoms with E-state index in [1.165, 1.54) is 24.7 Å². The van der Waals surface area contributed by atoms with E-state index in [1.807, 2.05) is 12.1 Å². The molecule has 1 aliphatic rings. The molecule has 0 aromatic heterocycles. The Labute approximate surface area is 269 Å². The fraction of sp³-hybridized carbons (Fsp3) is 0.519. The van der Waals surface area contributed by atoms with E-state index in [2.05, 4.69) is 31.6 Å². The van der Waals surface area contributed by atoms with Crippen molar-refractivity contribution in [3.63, 3.8) is 0 Å². The molecule has 1 fully saturated rings. The molecule has 16 nitrogen and oxygen atoms in total. The Bertz CT molecular complexity index is 1210. The fourth-order valence-corrected chi connectivity index (χ4v) is 4.83. The van der Waals surface area contributed by atoms with Gasteiger partial charge in [0.05, 0.1) is 0 Å². The van der Waals surface area contributed by atoms with Crippen LogP contribution in [-0.2, 0) is 35.2 Å². The van der Waals surface area contributed by atoms with Gasteiger partial charge in [-0.05, 0) is 19.4 Å². The van der Waals surface area contributed by atoms with E-state index in [9.17, 15) is 33.9 Å². The number of hydrogen-bond donors (Lipinski definition) is 9. The number of amides is 5. The first-order chi connectivity index (χ1) is 20.9. The van der Waals surface area contributed by atoms with E-state index in [4.69, 9.17) is 17.2 Å². The van der Waals surface area contributed by atoms with E-state index in [1.54, 1.807) is 12.1 Å². The van der Waals surface area contributed by atoms with Crippen LogP contribution in [0.1, 0.15) is 44.1 Å². The molecule has 4 atom stereocenters. The van der Waals surface area contributed by atoms with Crippen molar-refractivity contribution in [1.29, 1.82) is 0 Å². The molecule has 0 spiro atoms. The molecule has 1 aliphatic heterocycles. The SMILES string of the molecule is NCCCC[C@H]1NC(=O)[C@@H](Cc2ccc([211At])cc2)NC(=O)[C@H](CC(=O)O)NC(=O)CNC(=O)[C@H](CCCN=C(N)N)NC1=O. The van der Waals surface area contributed by atoms with Crippen LogP contribution in [0.2, 0.25) is 0 Å². The molecule has 0 radical (unpaired) electrons. The number of guanidine groups is 1. The molecule has 17 heteroatoms. The Morgan fingerprint density at radius 3 is 2.00 bits per heavy atom. The van der Waals surface area contributed by atoms with Crippen molar-refractivity contribution in [2.24, 2.45) is 22.2 Å². The monoisotopic (exact) mass is 813 g/mol. The third-order valence-electron chi connectivity index (χ3n) is 6.60. The van der Waals surface area contributed by atoms with Crippen LogP contribution in [0.4, 0.5) is 0 Å². The van der Waals surface area contributed by atoms with Gasteiger partial charge in [0.1, 0.15) is 0 Å². The van der Waals surface area contributed by atoms with Crippen LogP contribution < -0.4 is 47.1 Å². The van der Waals surface area contributed by atoms with Crippen molar-refractivity contribution in [3.05, 3.63) is 29.8 Å². The van der Waals surface area contributed by atoms with Crippen LogP contribution in [0.15, 0.2) is 29.3 Å². The van der Waals surface area contributed by atoms with Gasteiger partial charge in [-0.2, -0.15) is 0 Å². The van der Waals surface area contributed by atoms with Crippen molar-refractivity contribution in [3.8, 4) is 0 Å². The van der Waals surface area contributed by atoms with Crippen LogP contribution >= 0.6 is 0 Å². The number of aliphatic imine (C=N–C) groups is 1. The molecule has 1 saturated heterocycles. The number of carboxylic acid groups (broad SMARTS) is 1. The molecule has 5 amide bonds. The Kier molecular flexibility index (Phi) is 15.5. The molecular weight excluding hydrogens is 773 g/mol. The standard InChI is InChI=1S/C27H40AtN9O7/c28-16-8-6-15(7-9-16)12-19-25(43)36-18(4-1-2-10-29)24(42)35-17(5-3-11-32-27(30)31)23(41)33-14-21(38)34-20(13-22(39)40)26(44)37-19/h6-9,17-20H,1-5,10-14,29H2,(H,33,41)(H,34,38)(H,35,42)(H,36,43)(H,37,44)(H,39,40)(H4,30,31,32)/t17-,18+,19+,20-/m0/s1/i28+1. The van der Waals surface area contributed by atoms with Gasteiger partial charge < -0.3 is 22.5 Å². The Morgan fingerprint density at radius 2 is 1.39 bits per heavy atom. The van der Waals surface area contributed by atoms with Crippen LogP contribution in [0.5, 0.6) is 0 Å². The normalized spacial score (nSPS) is 21.8. The number of rotatable bonds is 12. The molecular formula is C27H40AtN9O7. The molecule has 12 N–H and O–H groups in total. The van der Waals surface area contributed by atoms with Crippen molar-refractivity contribution in [1.82, 2.24) is 26.6 Å². The van der Waals surface area contributed by atoms with Gasteiger partial charge in [-0.3, -0.25) is 9.79 Å². The van der Waals surface area contributed by atoms with Gasteiger partial charge in [-0.25, -0.2) is 0 Å². The Hall–Kier alpha value is -3.85. The quantitative estimate of drug-likeness (QED) is 0.0563. The van der Waals surface area contributed by atoms with Gasteiger partial charge in [0.2, 0.25) is 5.91 Å². The number of hydrogen-bond acceptors (Lipinski definition) is 8. The molecule has 0 saturated carbocycles. The zero-order valence-corrected chi connectivity index (χ0v) is 27.1. The summed E-state index contributed by atoms with van der Waals surface area (Å²) in [4.78, 5) is 81.4. The summed E-state index contributed by atoms with van der Waals surface area (Å²) in [6, 6.07) is 2.29. The van der Waals surface area contributed by atoms with Gasteiger partial charge in [0.15, 0.2) is 5.96 Å². The average molecular weight is 814 g/mol. The molecule has 0 unspecified atom stereocenters. The van der Waals surface area contributed by atoms with Crippen molar-refractivity contribution in [2.45, 2.75) is 69.1 Å². The average Bonchev–Trinajstić information content (AvgIpc) is 2.96. The minimum absolute atomic E-state index is 0.0163. The van der Waals surface area contributed by atoms with Crippen LogP contribution in [-0.4, -0.2) is 90.4 Å². The first-order valence-electron chi connectivity index (χ1n) is 14.1. The number of unbranched alkanes of at least 4 members (excludes halogenated alkanes) is 1. The number of benzene rings is 1. The second-order valence-electron chi connectivity index (χ2n) is 10.2. The Balaban J connectivity index is 2.45. The maximum absolute atomic E-state index is 13.6. The predicted octanol–water partition coefficient (Wildman–Crippen LogP) is -3.87. The van der Waals surface area contributed by atoms with E-state index >= 15 is 0 Å². The number of carboxylic acids is 1. The molecule has 0 aliphatic carbocycles. The molecule has 242 valence electrons. The molecule has 1 aromatic rings. The summed E-state index contributed by atoms with van der Waals surface area (Å²) in [6.45, 7) is -0.0730. The van der Waals surface area contributed by atoms with E-state index in [-0.39, 0.29) is 31.8 Å². The van der Waals surface area contributed by atoms with Crippen LogP contribution in [0, 0.1) is 24.7 Å². The molecule has 1 heterocycles. The Morgan fingerprint density at radius 1 is 0.818 bits per heavy atom. The summed E-state index contributed by atoms with van der Waals surface area (Å²) in [6.07, 6.45) is 0.864. The van der Waals surface area contributed by atoms with Crippen LogP contribution in [0.3, 0.4) is 0 Å². The molecule has 1 aromatic carbocycles. The fourth-order valence-electron chi connectivity index (χ4n) is 4.34. The summed E-state index contributed by atoms with van der Waals surface area (Å²) < 4.78 is 1.03. The topological polar surface area (TPSA) is 273 Å². The summed E-state index contributed by atoms with van der Waals surface area (Å²) in [7, 11) is 0. The van der Waals surface area contributed by atoms with Crippen molar-refractivity contribution >= 4 is 44.7 Å². The number of nitrogens with zero attached hydrogens (tertiary/aromatic N) is 1. The first kappa shape index (κ1) is 36.3. The van der Waals surface area contributed by atoms with Gasteiger partial charge in [-0.15, -0.1) is 0 Å². The van der Waals surface area contributed by atoms with Crippen LogP contribution in [0.25, 0.3) is 0 Å². The van der Waals surface area contributed by atoms with Gasteiger partial charge in [0, 0.05) is 6.54 Å². The zero-order valence-electron chi connectivity index (χ0n) is 24.1. The minimum atomic E-state index is -1.55. The van der Waals surface area contributed by atoms with Gasteiger partial charge >= 0.3 is 201 Å². The summed E-state index contributed by atoms with van der Waals surface area (Å²) in [5.41, 5.74) is 17.0. The number of nitrogens with two attached hydrogens (primary N) is 3. The molecule has 2 rings (SSSR count). The van der Waals surface area contributed by atoms with E-state index in [0.717, 1.165) is 3.27 Å². The van der Waals surface area contributed by atoms with E-state index in [0.29, 0.717) is 31.4 Å². The third-order valence-corrected chi connectivity index (χ3v) is 7.58. The first-order valence-corrected chi connectivity index (χ1v) is 15.6. The van der Waals surface area contributed by atoms with Crippen molar-refractivity contribution in [2.75, 3.05) is 19.6 Å². The number of nitrogens with one attached hydrogen (secondary N) is 5. The molecule has 0 bridgehead atoms. The molecule has 44 heavy (non-hydrogen) atoms. The third kappa shape index (κ3) is 13.2. The summed E-state index contributed by atoms with van der Waals surface area (Å²) in [5.74, 6) is -5.34. The number of carbonyl (C=O) groups excluding carboxylic acids is 5.